The summed E-state index contributed by atoms with van der Waals surface area (Å²) in [5.41, 5.74) is 1.82. The highest BCUT2D eigenvalue weighted by Crippen LogP contribution is 2.38. The highest BCUT2D eigenvalue weighted by Gasteiger charge is 2.32. The van der Waals surface area contributed by atoms with Gasteiger partial charge in [-0.2, -0.15) is 12.7 Å². The molecule has 5 rings (SSSR count). The second-order valence-electron chi connectivity index (χ2n) is 7.39. The van der Waals surface area contributed by atoms with E-state index < -0.39 is 16.4 Å². The normalized spacial score (nSPS) is 20.4. The molecule has 0 amide bonds. The van der Waals surface area contributed by atoms with Crippen LogP contribution in [0.1, 0.15) is 12.0 Å². The molecule has 2 aromatic carbocycles. The predicted octanol–water partition coefficient (Wildman–Crippen LogP) is 3.57. The monoisotopic (exact) mass is 463 g/mol. The van der Waals surface area contributed by atoms with Crippen molar-refractivity contribution in [3.8, 4) is 11.5 Å². The van der Waals surface area contributed by atoms with Crippen molar-refractivity contribution in [2.45, 2.75) is 12.6 Å². The lowest BCUT2D eigenvalue weighted by Crippen LogP contribution is -2.34. The van der Waals surface area contributed by atoms with Crippen LogP contribution in [0.15, 0.2) is 46.4 Å². The van der Waals surface area contributed by atoms with Crippen molar-refractivity contribution in [2.24, 2.45) is 9.98 Å². The summed E-state index contributed by atoms with van der Waals surface area (Å²) in [4.78, 5) is 10.9. The molecule has 0 saturated carbocycles. The minimum absolute atomic E-state index is 0.109. The summed E-state index contributed by atoms with van der Waals surface area (Å²) in [6.45, 7) is 1.46. The van der Waals surface area contributed by atoms with E-state index in [2.05, 4.69) is 14.7 Å². The van der Waals surface area contributed by atoms with E-state index >= 15 is 0 Å². The van der Waals surface area contributed by atoms with Crippen LogP contribution in [0, 0.1) is 0 Å². The van der Waals surface area contributed by atoms with E-state index in [9.17, 15) is 12.8 Å². The number of alkyl halides is 1. The van der Waals surface area contributed by atoms with Crippen LogP contribution in [-0.4, -0.2) is 62.1 Å². The number of hydrogen-bond donors (Lipinski definition) is 1. The molecular formula is C20H19ClFN5O3S. The molecule has 1 saturated heterocycles. The molecule has 2 aromatic rings. The number of nitrogens with zero attached hydrogens (tertiary/aromatic N) is 4. The molecule has 1 atom stereocenters. The van der Waals surface area contributed by atoms with Gasteiger partial charge in [0.15, 0.2) is 0 Å². The number of fused-ring (bicyclic) bond motifs is 3. The molecule has 3 aliphatic rings. The van der Waals surface area contributed by atoms with Gasteiger partial charge in [0.05, 0.1) is 24.3 Å². The Bertz CT molecular complexity index is 1200. The first-order valence-electron chi connectivity index (χ1n) is 9.79. The standard InChI is InChI=1S/C20H19ClFN5O3S/c21-19-17(25-31(28,29)27-8-6-13(22)11-27)2-1-3-18(19)30-14-4-5-16-15(10-14)20-23-7-9-26(20)12-24-16/h1-5,10,12-13,25H,6-9,11H2/t13-/m1/s1. The SMILES string of the molecule is O=S(=O)(Nc1cccc(Oc2ccc3c(c2)C2=NCCN2C=N3)c1Cl)N1CC[C@@H](F)C1. The molecule has 8 nitrogen and oxygen atoms in total. The zero-order valence-corrected chi connectivity index (χ0v) is 17.9. The topological polar surface area (TPSA) is 86.6 Å². The molecule has 0 unspecified atom stereocenters. The van der Waals surface area contributed by atoms with Crippen molar-refractivity contribution >= 4 is 45.4 Å². The van der Waals surface area contributed by atoms with Crippen LogP contribution in [0.3, 0.4) is 0 Å². The van der Waals surface area contributed by atoms with Crippen LogP contribution in [0.5, 0.6) is 11.5 Å². The van der Waals surface area contributed by atoms with Gasteiger partial charge in [-0.05, 0) is 36.8 Å². The number of benzene rings is 2. The van der Waals surface area contributed by atoms with Gasteiger partial charge in [-0.3, -0.25) is 9.71 Å². The van der Waals surface area contributed by atoms with E-state index in [1.165, 1.54) is 6.07 Å². The van der Waals surface area contributed by atoms with E-state index in [-0.39, 0.29) is 36.0 Å². The molecule has 162 valence electrons. The van der Waals surface area contributed by atoms with Gasteiger partial charge in [0.25, 0.3) is 0 Å². The predicted molar refractivity (Wildman–Crippen MR) is 118 cm³/mol. The maximum Gasteiger partial charge on any atom is 0.301 e. The second kappa shape index (κ2) is 7.77. The third-order valence-electron chi connectivity index (χ3n) is 5.28. The fraction of sp³-hybridized carbons (Fsp3) is 0.300. The van der Waals surface area contributed by atoms with Crippen molar-refractivity contribution in [2.75, 3.05) is 30.9 Å². The van der Waals surface area contributed by atoms with Crippen LogP contribution in [0.2, 0.25) is 5.02 Å². The van der Waals surface area contributed by atoms with Crippen LogP contribution in [-0.2, 0) is 10.2 Å². The van der Waals surface area contributed by atoms with Crippen LogP contribution in [0.4, 0.5) is 15.8 Å². The van der Waals surface area contributed by atoms with E-state index in [0.29, 0.717) is 12.3 Å². The highest BCUT2D eigenvalue weighted by atomic mass is 35.5. The lowest BCUT2D eigenvalue weighted by molar-refractivity contribution is 0.343. The zero-order valence-electron chi connectivity index (χ0n) is 16.3. The number of aliphatic imine (C=N–C) groups is 2. The Morgan fingerprint density at radius 2 is 2.10 bits per heavy atom. The summed E-state index contributed by atoms with van der Waals surface area (Å²) in [7, 11) is -3.91. The van der Waals surface area contributed by atoms with Gasteiger partial charge in [0, 0.05) is 25.2 Å². The average molecular weight is 464 g/mol. The van der Waals surface area contributed by atoms with Crippen molar-refractivity contribution in [3.05, 3.63) is 47.0 Å². The van der Waals surface area contributed by atoms with Crippen LogP contribution >= 0.6 is 11.6 Å². The highest BCUT2D eigenvalue weighted by molar-refractivity contribution is 7.90. The molecule has 3 aliphatic heterocycles. The third kappa shape index (κ3) is 3.86. The maximum absolute atomic E-state index is 13.4. The van der Waals surface area contributed by atoms with Gasteiger partial charge in [0.2, 0.25) is 0 Å². The van der Waals surface area contributed by atoms with Crippen molar-refractivity contribution in [1.82, 2.24) is 9.21 Å². The Morgan fingerprint density at radius 1 is 1.23 bits per heavy atom. The lowest BCUT2D eigenvalue weighted by Gasteiger charge is -2.21. The van der Waals surface area contributed by atoms with Crippen molar-refractivity contribution in [3.63, 3.8) is 0 Å². The molecule has 0 radical (unpaired) electrons. The van der Waals surface area contributed by atoms with Gasteiger partial charge >= 0.3 is 10.2 Å². The van der Waals surface area contributed by atoms with Crippen molar-refractivity contribution in [1.29, 1.82) is 0 Å². The Morgan fingerprint density at radius 3 is 2.90 bits per heavy atom. The first-order chi connectivity index (χ1) is 14.9. The van der Waals surface area contributed by atoms with E-state index in [1.807, 2.05) is 17.0 Å². The zero-order chi connectivity index (χ0) is 21.6. The largest absolute Gasteiger partial charge is 0.456 e. The Hall–Kier alpha value is -2.69. The summed E-state index contributed by atoms with van der Waals surface area (Å²) >= 11 is 6.43. The van der Waals surface area contributed by atoms with E-state index in [4.69, 9.17) is 16.3 Å². The number of anilines is 1. The number of amidine groups is 1. The average Bonchev–Trinajstić information content (AvgIpc) is 3.40. The van der Waals surface area contributed by atoms with E-state index in [1.54, 1.807) is 24.5 Å². The summed E-state index contributed by atoms with van der Waals surface area (Å²) in [5.74, 6) is 1.66. The van der Waals surface area contributed by atoms with Gasteiger partial charge in [0.1, 0.15) is 28.5 Å². The molecule has 0 aromatic heterocycles. The Labute approximate surface area is 184 Å². The minimum atomic E-state index is -3.91. The van der Waals surface area contributed by atoms with Crippen LogP contribution in [0.25, 0.3) is 0 Å². The number of nitrogens with one attached hydrogen (secondary N) is 1. The lowest BCUT2D eigenvalue weighted by atomic mass is 10.1. The molecule has 1 fully saturated rings. The van der Waals surface area contributed by atoms with Crippen molar-refractivity contribution < 1.29 is 17.5 Å². The molecule has 31 heavy (non-hydrogen) atoms. The molecule has 0 aliphatic carbocycles. The molecule has 1 N–H and O–H groups in total. The smallest absolute Gasteiger partial charge is 0.301 e. The molecule has 0 bridgehead atoms. The quantitative estimate of drug-likeness (QED) is 0.734. The number of hydrogen-bond acceptors (Lipinski definition) is 6. The third-order valence-corrected chi connectivity index (χ3v) is 7.16. The number of ether oxygens (including phenoxy) is 1. The number of rotatable bonds is 5. The van der Waals surface area contributed by atoms with E-state index in [0.717, 1.165) is 27.9 Å². The summed E-state index contributed by atoms with van der Waals surface area (Å²) in [6.07, 6.45) is 0.797. The first-order valence-corrected chi connectivity index (χ1v) is 11.6. The maximum atomic E-state index is 13.4. The molecular weight excluding hydrogens is 445 g/mol. The fourth-order valence-electron chi connectivity index (χ4n) is 3.72. The summed E-state index contributed by atoms with van der Waals surface area (Å²) in [6, 6.07) is 10.2. The first kappa shape index (κ1) is 20.2. The van der Waals surface area contributed by atoms with Gasteiger partial charge in [-0.25, -0.2) is 9.38 Å². The minimum Gasteiger partial charge on any atom is -0.456 e. The molecule has 0 spiro atoms. The molecule has 3 heterocycles. The second-order valence-corrected chi connectivity index (χ2v) is 9.44. The molecule has 11 heteroatoms. The van der Waals surface area contributed by atoms with Gasteiger partial charge in [-0.1, -0.05) is 17.7 Å². The van der Waals surface area contributed by atoms with Gasteiger partial charge < -0.3 is 9.64 Å². The Kier molecular flexibility index (Phi) is 5.07. The Balaban J connectivity index is 1.39. The van der Waals surface area contributed by atoms with Crippen LogP contribution < -0.4 is 9.46 Å². The summed E-state index contributed by atoms with van der Waals surface area (Å²) in [5, 5.41) is 0.109. The fourth-order valence-corrected chi connectivity index (χ4v) is 5.27. The van der Waals surface area contributed by atoms with Gasteiger partial charge in [-0.15, -0.1) is 0 Å². The number of halogens is 2. The summed E-state index contributed by atoms with van der Waals surface area (Å²) < 4.78 is 48.0.